The van der Waals surface area contributed by atoms with Crippen molar-refractivity contribution in [2.75, 3.05) is 19.5 Å². The summed E-state index contributed by atoms with van der Waals surface area (Å²) >= 11 is 1.29. The first-order chi connectivity index (χ1) is 11.6. The van der Waals surface area contributed by atoms with Crippen molar-refractivity contribution in [3.63, 3.8) is 0 Å². The molecule has 3 aromatic rings. The summed E-state index contributed by atoms with van der Waals surface area (Å²) in [5, 5.41) is 3.22. The monoisotopic (exact) mass is 342 g/mol. The Labute approximate surface area is 142 Å². The fourth-order valence-electron chi connectivity index (χ4n) is 2.13. The Balaban J connectivity index is 1.81. The Hall–Kier alpha value is -2.93. The number of benzene rings is 2. The molecule has 7 heteroatoms. The van der Waals surface area contributed by atoms with E-state index in [1.807, 2.05) is 0 Å². The van der Waals surface area contributed by atoms with Crippen LogP contribution in [0.2, 0.25) is 0 Å². The molecule has 0 saturated heterocycles. The van der Waals surface area contributed by atoms with Crippen molar-refractivity contribution in [1.82, 2.24) is 4.98 Å². The summed E-state index contributed by atoms with van der Waals surface area (Å²) in [5.74, 6) is 0.0147. The molecule has 24 heavy (non-hydrogen) atoms. The molecule has 1 aromatic heterocycles. The van der Waals surface area contributed by atoms with E-state index in [4.69, 9.17) is 9.47 Å². The van der Waals surface area contributed by atoms with E-state index in [1.54, 1.807) is 49.6 Å². The predicted molar refractivity (Wildman–Crippen MR) is 91.9 cm³/mol. The topological polar surface area (TPSA) is 77.5 Å². The number of ether oxygens (including phenoxy) is 2. The number of amides is 1. The summed E-state index contributed by atoms with van der Waals surface area (Å²) in [6.45, 7) is 0. The molecule has 2 aromatic carbocycles. The number of esters is 1. The maximum Gasteiger partial charge on any atom is 0.337 e. The van der Waals surface area contributed by atoms with Crippen LogP contribution in [0.15, 0.2) is 42.5 Å². The molecule has 1 N–H and O–H groups in total. The number of carbonyl (C=O) groups is 2. The Morgan fingerprint density at radius 3 is 2.42 bits per heavy atom. The number of rotatable bonds is 4. The standard InChI is InChI=1S/C17H14N2O4S/c1-22-12-6-3-10(4-7-12)15(20)19-17-18-13-8-5-11(16(21)23-2)9-14(13)24-17/h3-9H,1-2H3,(H,18,19,20). The SMILES string of the molecule is COC(=O)c1ccc2nc(NC(=O)c3ccc(OC)cc3)sc2c1. The highest BCUT2D eigenvalue weighted by Crippen LogP contribution is 2.27. The largest absolute Gasteiger partial charge is 0.497 e. The smallest absolute Gasteiger partial charge is 0.337 e. The molecule has 0 aliphatic carbocycles. The Kier molecular flexibility index (Phi) is 4.43. The molecule has 0 aliphatic heterocycles. The second kappa shape index (κ2) is 6.67. The molecule has 1 heterocycles. The normalized spacial score (nSPS) is 10.4. The number of hydrogen-bond acceptors (Lipinski definition) is 6. The number of thiazole rings is 1. The van der Waals surface area contributed by atoms with Gasteiger partial charge in [0.1, 0.15) is 5.75 Å². The van der Waals surface area contributed by atoms with Crippen molar-refractivity contribution < 1.29 is 19.1 Å². The summed E-state index contributed by atoms with van der Waals surface area (Å²) in [4.78, 5) is 28.2. The third-order valence-corrected chi connectivity index (χ3v) is 4.32. The summed E-state index contributed by atoms with van der Waals surface area (Å²) < 4.78 is 10.6. The van der Waals surface area contributed by atoms with Gasteiger partial charge in [-0.05, 0) is 42.5 Å². The summed E-state index contributed by atoms with van der Waals surface area (Å²) in [7, 11) is 2.90. The second-order valence-corrected chi connectivity index (χ2v) is 5.91. The van der Waals surface area contributed by atoms with Gasteiger partial charge in [0.2, 0.25) is 0 Å². The van der Waals surface area contributed by atoms with Gasteiger partial charge in [-0.15, -0.1) is 0 Å². The minimum absolute atomic E-state index is 0.259. The van der Waals surface area contributed by atoms with Crippen LogP contribution in [0.4, 0.5) is 5.13 Å². The molecular weight excluding hydrogens is 328 g/mol. The van der Waals surface area contributed by atoms with Gasteiger partial charge in [-0.3, -0.25) is 10.1 Å². The van der Waals surface area contributed by atoms with Gasteiger partial charge in [0.25, 0.3) is 5.91 Å². The number of hydrogen-bond donors (Lipinski definition) is 1. The second-order valence-electron chi connectivity index (χ2n) is 4.88. The number of aromatic nitrogens is 1. The van der Waals surface area contributed by atoms with Crippen LogP contribution in [-0.2, 0) is 4.74 Å². The minimum atomic E-state index is -0.408. The predicted octanol–water partition coefficient (Wildman–Crippen LogP) is 3.34. The van der Waals surface area contributed by atoms with E-state index >= 15 is 0 Å². The highest BCUT2D eigenvalue weighted by atomic mass is 32.1. The van der Waals surface area contributed by atoms with E-state index in [1.165, 1.54) is 18.4 Å². The maximum absolute atomic E-state index is 12.3. The van der Waals surface area contributed by atoms with E-state index < -0.39 is 5.97 Å². The summed E-state index contributed by atoms with van der Waals surface area (Å²) in [6.07, 6.45) is 0. The molecule has 0 aliphatic rings. The summed E-state index contributed by atoms with van der Waals surface area (Å²) in [6, 6.07) is 11.9. The lowest BCUT2D eigenvalue weighted by Crippen LogP contribution is -2.11. The van der Waals surface area contributed by atoms with Gasteiger partial charge < -0.3 is 9.47 Å². The van der Waals surface area contributed by atoms with Crippen molar-refractivity contribution >= 4 is 38.6 Å². The Morgan fingerprint density at radius 1 is 1.04 bits per heavy atom. The van der Waals surface area contributed by atoms with Gasteiger partial charge in [0.05, 0.1) is 30.0 Å². The van der Waals surface area contributed by atoms with Crippen molar-refractivity contribution in [3.8, 4) is 5.75 Å². The van der Waals surface area contributed by atoms with Crippen LogP contribution in [0.3, 0.4) is 0 Å². The van der Waals surface area contributed by atoms with Crippen molar-refractivity contribution in [2.45, 2.75) is 0 Å². The fourth-order valence-corrected chi connectivity index (χ4v) is 3.03. The third-order valence-electron chi connectivity index (χ3n) is 3.38. The van der Waals surface area contributed by atoms with E-state index in [2.05, 4.69) is 10.3 Å². The lowest BCUT2D eigenvalue weighted by molar-refractivity contribution is 0.0601. The van der Waals surface area contributed by atoms with E-state index in [9.17, 15) is 9.59 Å². The van der Waals surface area contributed by atoms with Crippen molar-refractivity contribution in [2.24, 2.45) is 0 Å². The zero-order valence-electron chi connectivity index (χ0n) is 13.0. The number of nitrogens with zero attached hydrogens (tertiary/aromatic N) is 1. The molecule has 0 bridgehead atoms. The van der Waals surface area contributed by atoms with Crippen LogP contribution in [0.5, 0.6) is 5.75 Å². The molecule has 0 spiro atoms. The molecule has 0 unspecified atom stereocenters. The third kappa shape index (κ3) is 3.21. The van der Waals surface area contributed by atoms with Gasteiger partial charge >= 0.3 is 5.97 Å². The average molecular weight is 342 g/mol. The van der Waals surface area contributed by atoms with Crippen LogP contribution in [0.25, 0.3) is 10.2 Å². The first-order valence-electron chi connectivity index (χ1n) is 7.05. The van der Waals surface area contributed by atoms with Crippen molar-refractivity contribution in [3.05, 3.63) is 53.6 Å². The molecule has 0 saturated carbocycles. The van der Waals surface area contributed by atoms with Crippen LogP contribution < -0.4 is 10.1 Å². The Morgan fingerprint density at radius 2 is 1.75 bits per heavy atom. The average Bonchev–Trinajstić information content (AvgIpc) is 3.02. The molecule has 6 nitrogen and oxygen atoms in total. The van der Waals surface area contributed by atoms with E-state index in [0.717, 1.165) is 4.70 Å². The number of methoxy groups -OCH3 is 2. The number of nitrogens with one attached hydrogen (secondary N) is 1. The quantitative estimate of drug-likeness (QED) is 0.736. The van der Waals surface area contributed by atoms with Crippen LogP contribution in [0, 0.1) is 0 Å². The molecule has 0 atom stereocenters. The highest BCUT2D eigenvalue weighted by molar-refractivity contribution is 7.22. The number of fused-ring (bicyclic) bond motifs is 1. The molecule has 3 rings (SSSR count). The van der Waals surface area contributed by atoms with E-state index in [-0.39, 0.29) is 5.91 Å². The zero-order chi connectivity index (χ0) is 17.1. The Bertz CT molecular complexity index is 903. The van der Waals surface area contributed by atoms with Gasteiger partial charge in [-0.25, -0.2) is 9.78 Å². The lowest BCUT2D eigenvalue weighted by atomic mass is 10.2. The van der Waals surface area contributed by atoms with Gasteiger partial charge in [-0.2, -0.15) is 0 Å². The number of anilines is 1. The van der Waals surface area contributed by atoms with Gasteiger partial charge in [0.15, 0.2) is 5.13 Å². The lowest BCUT2D eigenvalue weighted by Gasteiger charge is -2.03. The van der Waals surface area contributed by atoms with Crippen molar-refractivity contribution in [1.29, 1.82) is 0 Å². The molecule has 0 fully saturated rings. The van der Waals surface area contributed by atoms with Crippen LogP contribution in [-0.4, -0.2) is 31.1 Å². The maximum atomic E-state index is 12.3. The van der Waals surface area contributed by atoms with Crippen LogP contribution in [0.1, 0.15) is 20.7 Å². The zero-order valence-corrected chi connectivity index (χ0v) is 13.8. The minimum Gasteiger partial charge on any atom is -0.497 e. The van der Waals surface area contributed by atoms with Crippen LogP contribution >= 0.6 is 11.3 Å². The fraction of sp³-hybridized carbons (Fsp3) is 0.118. The molecular formula is C17H14N2O4S. The number of carbonyl (C=O) groups excluding carboxylic acids is 2. The summed E-state index contributed by atoms with van der Waals surface area (Å²) in [5.41, 5.74) is 1.66. The van der Waals surface area contributed by atoms with E-state index in [0.29, 0.717) is 27.5 Å². The first kappa shape index (κ1) is 15.9. The molecule has 122 valence electrons. The van der Waals surface area contributed by atoms with Gasteiger partial charge in [0, 0.05) is 5.56 Å². The highest BCUT2D eigenvalue weighted by Gasteiger charge is 2.12. The molecule has 1 amide bonds. The molecule has 0 radical (unpaired) electrons. The van der Waals surface area contributed by atoms with Gasteiger partial charge in [-0.1, -0.05) is 11.3 Å². The first-order valence-corrected chi connectivity index (χ1v) is 7.86.